The number of nitrogens with zero attached hydrogens (tertiary/aromatic N) is 6. The van der Waals surface area contributed by atoms with Crippen LogP contribution in [0.3, 0.4) is 0 Å². The van der Waals surface area contributed by atoms with Gasteiger partial charge in [0.05, 0.1) is 5.69 Å². The molecule has 130 valence electrons. The third-order valence-electron chi connectivity index (χ3n) is 5.69. The Hall–Kier alpha value is -2.24. The maximum Gasteiger partial charge on any atom is 0.179 e. The van der Waals surface area contributed by atoms with Gasteiger partial charge < -0.3 is 4.90 Å². The Morgan fingerprint density at radius 2 is 1.72 bits per heavy atom. The van der Waals surface area contributed by atoms with Crippen LogP contribution in [0.2, 0.25) is 0 Å². The van der Waals surface area contributed by atoms with E-state index in [0.29, 0.717) is 0 Å². The second-order valence-corrected chi connectivity index (χ2v) is 7.46. The summed E-state index contributed by atoms with van der Waals surface area (Å²) in [6, 6.07) is 2.17. The molecule has 2 aliphatic heterocycles. The number of fused-ring (bicyclic) bond motifs is 1. The molecule has 1 aliphatic carbocycles. The minimum atomic E-state index is -0.244. The topological polar surface area (TPSA) is 58.7 Å². The molecule has 2 aromatic rings. The van der Waals surface area contributed by atoms with Gasteiger partial charge in [-0.15, -0.1) is 0 Å². The number of hydrogen-bond donors (Lipinski definition) is 0. The summed E-state index contributed by atoms with van der Waals surface area (Å²) in [5.74, 6) is 0.892. The molecule has 0 bridgehead atoms. The van der Waals surface area contributed by atoms with Crippen molar-refractivity contribution in [1.29, 1.82) is 0 Å². The minimum absolute atomic E-state index is 0.244. The lowest BCUT2D eigenvalue weighted by Gasteiger charge is -2.29. The van der Waals surface area contributed by atoms with Crippen LogP contribution in [0.5, 0.6) is 0 Å². The zero-order valence-corrected chi connectivity index (χ0v) is 14.6. The quantitative estimate of drug-likeness (QED) is 0.844. The highest BCUT2D eigenvalue weighted by Crippen LogP contribution is 2.33. The number of piperidine rings is 1. The van der Waals surface area contributed by atoms with Crippen LogP contribution < -0.4 is 15.7 Å². The van der Waals surface area contributed by atoms with Crippen molar-refractivity contribution in [2.45, 2.75) is 57.0 Å². The van der Waals surface area contributed by atoms with Crippen molar-refractivity contribution in [3.05, 3.63) is 35.6 Å². The number of hydrogen-bond acceptors (Lipinski definition) is 5. The van der Waals surface area contributed by atoms with Gasteiger partial charge in [-0.2, -0.15) is 0 Å². The first-order chi connectivity index (χ1) is 12.3. The molecule has 6 nitrogen and oxygen atoms in total. The Morgan fingerprint density at radius 1 is 0.920 bits per heavy atom. The third kappa shape index (κ3) is 2.64. The van der Waals surface area contributed by atoms with Crippen LogP contribution in [-0.4, -0.2) is 33.3 Å². The summed E-state index contributed by atoms with van der Waals surface area (Å²) in [7, 11) is 0. The van der Waals surface area contributed by atoms with Gasteiger partial charge in [0.15, 0.2) is 11.2 Å². The first kappa shape index (κ1) is 15.0. The van der Waals surface area contributed by atoms with Crippen molar-refractivity contribution >= 4 is 5.69 Å². The Labute approximate surface area is 147 Å². The van der Waals surface area contributed by atoms with E-state index in [1.807, 2.05) is 10.8 Å². The molecule has 0 N–H and O–H groups in total. The highest BCUT2D eigenvalue weighted by Gasteiger charge is 2.34. The molecular formula is C19H24N6. The summed E-state index contributed by atoms with van der Waals surface area (Å²) >= 11 is 0. The van der Waals surface area contributed by atoms with Crippen molar-refractivity contribution in [2.24, 2.45) is 9.98 Å². The van der Waals surface area contributed by atoms with Crippen LogP contribution in [0.4, 0.5) is 5.69 Å². The van der Waals surface area contributed by atoms with Gasteiger partial charge in [0.2, 0.25) is 0 Å². The summed E-state index contributed by atoms with van der Waals surface area (Å²) in [6.45, 7) is 2.20. The van der Waals surface area contributed by atoms with Crippen molar-refractivity contribution in [2.75, 3.05) is 18.0 Å². The van der Waals surface area contributed by atoms with Crippen LogP contribution in [-0.2, 0) is 0 Å². The Balaban J connectivity index is 1.68. The number of imidazole rings is 1. The number of pyridine rings is 1. The molecule has 2 aromatic heterocycles. The Morgan fingerprint density at radius 3 is 2.48 bits per heavy atom. The van der Waals surface area contributed by atoms with E-state index in [0.717, 1.165) is 42.6 Å². The van der Waals surface area contributed by atoms with E-state index in [4.69, 9.17) is 15.0 Å². The average molecular weight is 336 g/mol. The van der Waals surface area contributed by atoms with E-state index in [-0.39, 0.29) is 5.66 Å². The molecule has 0 aromatic carbocycles. The molecule has 4 heterocycles. The van der Waals surface area contributed by atoms with Gasteiger partial charge in [-0.3, -0.25) is 4.57 Å². The molecule has 5 rings (SSSR count). The monoisotopic (exact) mass is 336 g/mol. The van der Waals surface area contributed by atoms with Crippen molar-refractivity contribution in [3.63, 3.8) is 0 Å². The zero-order chi connectivity index (χ0) is 16.7. The van der Waals surface area contributed by atoms with Crippen molar-refractivity contribution in [3.8, 4) is 5.82 Å². The standard InChI is InChI=1S/C19H24N6/c1-3-7-19(8-4-1)22-17-15(24-10-5-2-6-11-24)13-16(21-18(17)23-19)25-12-9-20-14-25/h9,12-14H,1-8,10-11H2. The zero-order valence-electron chi connectivity index (χ0n) is 14.6. The van der Waals surface area contributed by atoms with E-state index >= 15 is 0 Å². The SMILES string of the molecule is c1cn(-c2cc(N3CCCCC3)c3c(n2)=NC2(CCCCC2)N=3)cn1. The van der Waals surface area contributed by atoms with Crippen LogP contribution in [0.25, 0.3) is 5.82 Å². The normalized spacial score (nSPS) is 21.7. The molecule has 2 fully saturated rings. The van der Waals surface area contributed by atoms with E-state index in [9.17, 15) is 0 Å². The van der Waals surface area contributed by atoms with E-state index in [2.05, 4.69) is 16.0 Å². The predicted molar refractivity (Wildman–Crippen MR) is 95.6 cm³/mol. The first-order valence-electron chi connectivity index (χ1n) is 9.57. The van der Waals surface area contributed by atoms with Crippen LogP contribution >= 0.6 is 0 Å². The summed E-state index contributed by atoms with van der Waals surface area (Å²) in [6.07, 6.45) is 15.2. The van der Waals surface area contributed by atoms with E-state index in [1.165, 1.54) is 44.2 Å². The summed E-state index contributed by atoms with van der Waals surface area (Å²) < 4.78 is 1.97. The van der Waals surface area contributed by atoms with Crippen molar-refractivity contribution in [1.82, 2.24) is 14.5 Å². The number of anilines is 1. The fraction of sp³-hybridized carbons (Fsp3) is 0.579. The largest absolute Gasteiger partial charge is 0.370 e. The number of rotatable bonds is 2. The van der Waals surface area contributed by atoms with Crippen molar-refractivity contribution < 1.29 is 0 Å². The summed E-state index contributed by atoms with van der Waals surface area (Å²) in [5.41, 5.74) is 1.79. The van der Waals surface area contributed by atoms with Gasteiger partial charge >= 0.3 is 0 Å². The lowest BCUT2D eigenvalue weighted by atomic mass is 9.90. The summed E-state index contributed by atoms with van der Waals surface area (Å²) in [4.78, 5) is 21.7. The van der Waals surface area contributed by atoms with Gasteiger partial charge in [-0.25, -0.2) is 20.0 Å². The molecule has 0 amide bonds. The van der Waals surface area contributed by atoms with Crippen LogP contribution in [0.15, 0.2) is 34.8 Å². The number of aromatic nitrogens is 3. The molecular weight excluding hydrogens is 312 g/mol. The fourth-order valence-electron chi connectivity index (χ4n) is 4.36. The fourth-order valence-corrected chi connectivity index (χ4v) is 4.36. The molecule has 1 saturated carbocycles. The molecule has 3 aliphatic rings. The van der Waals surface area contributed by atoms with E-state index in [1.54, 1.807) is 12.5 Å². The van der Waals surface area contributed by atoms with Gasteiger partial charge in [-0.05, 0) is 44.9 Å². The third-order valence-corrected chi connectivity index (χ3v) is 5.69. The second-order valence-electron chi connectivity index (χ2n) is 7.46. The molecule has 0 radical (unpaired) electrons. The van der Waals surface area contributed by atoms with Gasteiger partial charge in [0, 0.05) is 31.5 Å². The van der Waals surface area contributed by atoms with Crippen LogP contribution in [0.1, 0.15) is 51.4 Å². The molecule has 25 heavy (non-hydrogen) atoms. The lowest BCUT2D eigenvalue weighted by molar-refractivity contribution is 0.308. The Kier molecular flexibility index (Phi) is 3.57. The van der Waals surface area contributed by atoms with Gasteiger partial charge in [-0.1, -0.05) is 6.42 Å². The molecule has 1 saturated heterocycles. The molecule has 0 unspecified atom stereocenters. The molecule has 1 spiro atoms. The highest BCUT2D eigenvalue weighted by atomic mass is 15.2. The average Bonchev–Trinajstić information content (AvgIpc) is 3.30. The van der Waals surface area contributed by atoms with E-state index < -0.39 is 0 Å². The van der Waals surface area contributed by atoms with Crippen LogP contribution in [0, 0.1) is 0 Å². The first-order valence-corrected chi connectivity index (χ1v) is 9.57. The maximum absolute atomic E-state index is 5.14. The molecule has 6 heteroatoms. The Bertz CT molecular complexity index is 873. The lowest BCUT2D eigenvalue weighted by Crippen LogP contribution is -2.38. The smallest absolute Gasteiger partial charge is 0.179 e. The minimum Gasteiger partial charge on any atom is -0.370 e. The summed E-state index contributed by atoms with van der Waals surface area (Å²) in [5, 5.41) is 1.02. The highest BCUT2D eigenvalue weighted by molar-refractivity contribution is 5.50. The second kappa shape index (κ2) is 5.93. The van der Waals surface area contributed by atoms with Gasteiger partial charge in [0.1, 0.15) is 17.5 Å². The molecule has 0 atom stereocenters. The predicted octanol–water partition coefficient (Wildman–Crippen LogP) is 2.17. The maximum atomic E-state index is 5.14. The van der Waals surface area contributed by atoms with Gasteiger partial charge in [0.25, 0.3) is 0 Å².